The van der Waals surface area contributed by atoms with Crippen molar-refractivity contribution >= 4 is 11.6 Å². The molecule has 1 atom stereocenters. The molecule has 2 aliphatic rings. The van der Waals surface area contributed by atoms with Gasteiger partial charge in [-0.15, -0.1) is 0 Å². The maximum absolute atomic E-state index is 13.3. The van der Waals surface area contributed by atoms with Gasteiger partial charge in [0.1, 0.15) is 23.7 Å². The van der Waals surface area contributed by atoms with Crippen LogP contribution in [-0.2, 0) is 17.8 Å². The summed E-state index contributed by atoms with van der Waals surface area (Å²) in [5.74, 6) is 1.42. The molecule has 1 saturated heterocycles. The number of imidazole rings is 1. The first-order chi connectivity index (χ1) is 16.1. The van der Waals surface area contributed by atoms with Crippen molar-refractivity contribution in [2.24, 2.45) is 5.92 Å². The molecule has 0 bridgehead atoms. The molecule has 7 heteroatoms. The van der Waals surface area contributed by atoms with E-state index < -0.39 is 0 Å². The van der Waals surface area contributed by atoms with Crippen LogP contribution in [0.15, 0.2) is 42.7 Å². The zero-order valence-electron chi connectivity index (χ0n) is 19.5. The minimum Gasteiger partial charge on any atom is -0.491 e. The molecule has 4 heterocycles. The van der Waals surface area contributed by atoms with E-state index in [2.05, 4.69) is 28.1 Å². The standard InChI is InChI=1S/C26H32N4O3/c1-19-7-9-29-17-23(27-25(29)12-19)26(31)30-10-11-33-24-6-5-20(13-22(24)16-30)14-28-8-3-4-21(15-28)18-32-2/h5-7,9,12-13,17,21H,3-4,8,10-11,14-16,18H2,1-2H3. The summed E-state index contributed by atoms with van der Waals surface area (Å²) >= 11 is 0. The number of aromatic nitrogens is 2. The van der Waals surface area contributed by atoms with E-state index in [-0.39, 0.29) is 5.91 Å². The third-order valence-electron chi connectivity index (χ3n) is 6.64. The Morgan fingerprint density at radius 3 is 3.03 bits per heavy atom. The third-order valence-corrected chi connectivity index (χ3v) is 6.64. The Bertz CT molecular complexity index is 1140. The highest BCUT2D eigenvalue weighted by Crippen LogP contribution is 2.27. The Labute approximate surface area is 194 Å². The monoisotopic (exact) mass is 448 g/mol. The van der Waals surface area contributed by atoms with E-state index in [1.54, 1.807) is 7.11 Å². The summed E-state index contributed by atoms with van der Waals surface area (Å²) in [6.07, 6.45) is 6.21. The molecule has 5 rings (SSSR count). The lowest BCUT2D eigenvalue weighted by molar-refractivity contribution is 0.0728. The number of hydrogen-bond donors (Lipinski definition) is 0. The number of carbonyl (C=O) groups excluding carboxylic acids is 1. The first-order valence-corrected chi connectivity index (χ1v) is 11.8. The Balaban J connectivity index is 1.31. The number of pyridine rings is 1. The molecule has 0 aliphatic carbocycles. The first-order valence-electron chi connectivity index (χ1n) is 11.8. The smallest absolute Gasteiger partial charge is 0.274 e. The Morgan fingerprint density at radius 1 is 1.24 bits per heavy atom. The van der Waals surface area contributed by atoms with Crippen LogP contribution in [0.25, 0.3) is 5.65 Å². The number of benzene rings is 1. The van der Waals surface area contributed by atoms with Crippen LogP contribution in [0.5, 0.6) is 5.75 Å². The molecule has 0 radical (unpaired) electrons. The highest BCUT2D eigenvalue weighted by molar-refractivity contribution is 5.93. The number of rotatable bonds is 5. The molecule has 0 N–H and O–H groups in total. The van der Waals surface area contributed by atoms with Gasteiger partial charge in [0.15, 0.2) is 0 Å². The van der Waals surface area contributed by atoms with Crippen LogP contribution in [0.1, 0.15) is 40.0 Å². The third kappa shape index (κ3) is 4.89. The Kier molecular flexibility index (Phi) is 6.33. The van der Waals surface area contributed by atoms with E-state index in [0.29, 0.717) is 31.3 Å². The molecule has 1 unspecified atom stereocenters. The number of carbonyl (C=O) groups is 1. The number of nitrogens with zero attached hydrogens (tertiary/aromatic N) is 4. The van der Waals surface area contributed by atoms with E-state index in [1.807, 2.05) is 40.8 Å². The van der Waals surface area contributed by atoms with Crippen molar-refractivity contribution in [1.29, 1.82) is 0 Å². The van der Waals surface area contributed by atoms with Crippen LogP contribution < -0.4 is 4.74 Å². The highest BCUT2D eigenvalue weighted by Gasteiger charge is 2.24. The zero-order valence-corrected chi connectivity index (χ0v) is 19.5. The molecule has 1 fully saturated rings. The van der Waals surface area contributed by atoms with Gasteiger partial charge < -0.3 is 18.8 Å². The van der Waals surface area contributed by atoms with Crippen molar-refractivity contribution < 1.29 is 14.3 Å². The molecule has 2 aliphatic heterocycles. The lowest BCUT2D eigenvalue weighted by atomic mass is 9.98. The second kappa shape index (κ2) is 9.53. The van der Waals surface area contributed by atoms with Crippen molar-refractivity contribution in [3.05, 3.63) is 65.1 Å². The fraction of sp³-hybridized carbons (Fsp3) is 0.462. The quantitative estimate of drug-likeness (QED) is 0.598. The Morgan fingerprint density at radius 2 is 2.15 bits per heavy atom. The lowest BCUT2D eigenvalue weighted by Crippen LogP contribution is -2.36. The number of piperidine rings is 1. The van der Waals surface area contributed by atoms with E-state index >= 15 is 0 Å². The van der Waals surface area contributed by atoms with Crippen LogP contribution in [0, 0.1) is 12.8 Å². The predicted octanol–water partition coefficient (Wildman–Crippen LogP) is 3.54. The normalized spacial score (nSPS) is 19.2. The van der Waals surface area contributed by atoms with Crippen molar-refractivity contribution in [1.82, 2.24) is 19.2 Å². The van der Waals surface area contributed by atoms with Gasteiger partial charge in [-0.2, -0.15) is 0 Å². The second-order valence-electron chi connectivity index (χ2n) is 9.31. The molecule has 0 spiro atoms. The Hall–Kier alpha value is -2.90. The minimum absolute atomic E-state index is 0.0587. The van der Waals surface area contributed by atoms with Crippen LogP contribution in [-0.4, -0.2) is 65.0 Å². The van der Waals surface area contributed by atoms with Crippen LogP contribution in [0.2, 0.25) is 0 Å². The van der Waals surface area contributed by atoms with Gasteiger partial charge in [0, 0.05) is 44.7 Å². The summed E-state index contributed by atoms with van der Waals surface area (Å²) in [6.45, 7) is 7.50. The van der Waals surface area contributed by atoms with Gasteiger partial charge >= 0.3 is 0 Å². The summed E-state index contributed by atoms with van der Waals surface area (Å²) in [5, 5.41) is 0. The molecule has 1 aromatic carbocycles. The van der Waals surface area contributed by atoms with Gasteiger partial charge in [0.25, 0.3) is 5.91 Å². The molecule has 33 heavy (non-hydrogen) atoms. The number of fused-ring (bicyclic) bond motifs is 2. The molecule has 174 valence electrons. The highest BCUT2D eigenvalue weighted by atomic mass is 16.5. The fourth-order valence-corrected chi connectivity index (χ4v) is 4.99. The lowest BCUT2D eigenvalue weighted by Gasteiger charge is -2.32. The van der Waals surface area contributed by atoms with Gasteiger partial charge in [0.2, 0.25) is 0 Å². The fourth-order valence-electron chi connectivity index (χ4n) is 4.99. The van der Waals surface area contributed by atoms with Crippen molar-refractivity contribution in [3.8, 4) is 5.75 Å². The average Bonchev–Trinajstić information content (AvgIpc) is 3.11. The number of aryl methyl sites for hydroxylation is 1. The summed E-state index contributed by atoms with van der Waals surface area (Å²) in [5.41, 5.74) is 4.70. The predicted molar refractivity (Wildman–Crippen MR) is 126 cm³/mol. The van der Waals surface area contributed by atoms with E-state index in [0.717, 1.165) is 48.8 Å². The second-order valence-corrected chi connectivity index (χ2v) is 9.31. The molecule has 1 amide bonds. The van der Waals surface area contributed by atoms with E-state index in [4.69, 9.17) is 9.47 Å². The summed E-state index contributed by atoms with van der Waals surface area (Å²) in [7, 11) is 1.78. The maximum Gasteiger partial charge on any atom is 0.274 e. The summed E-state index contributed by atoms with van der Waals surface area (Å²) < 4.78 is 13.3. The molecular formula is C26H32N4O3. The van der Waals surface area contributed by atoms with Gasteiger partial charge in [-0.1, -0.05) is 6.07 Å². The van der Waals surface area contributed by atoms with Crippen LogP contribution >= 0.6 is 0 Å². The van der Waals surface area contributed by atoms with E-state index in [1.165, 1.54) is 18.4 Å². The number of ether oxygens (including phenoxy) is 2. The first kappa shape index (κ1) is 21.9. The molecular weight excluding hydrogens is 416 g/mol. The van der Waals surface area contributed by atoms with Gasteiger partial charge in [0.05, 0.1) is 13.2 Å². The maximum atomic E-state index is 13.3. The summed E-state index contributed by atoms with van der Waals surface area (Å²) in [4.78, 5) is 22.2. The number of hydrogen-bond acceptors (Lipinski definition) is 5. The van der Waals surface area contributed by atoms with Gasteiger partial charge in [-0.05, 0) is 67.6 Å². The number of methoxy groups -OCH3 is 1. The van der Waals surface area contributed by atoms with Crippen molar-refractivity contribution in [2.45, 2.75) is 32.9 Å². The molecule has 7 nitrogen and oxygen atoms in total. The van der Waals surface area contributed by atoms with E-state index in [9.17, 15) is 4.79 Å². The van der Waals surface area contributed by atoms with Crippen LogP contribution in [0.4, 0.5) is 0 Å². The van der Waals surface area contributed by atoms with Crippen molar-refractivity contribution in [3.63, 3.8) is 0 Å². The molecule has 2 aromatic heterocycles. The minimum atomic E-state index is -0.0587. The van der Waals surface area contributed by atoms with Crippen molar-refractivity contribution in [2.75, 3.05) is 40.0 Å². The largest absolute Gasteiger partial charge is 0.491 e. The average molecular weight is 449 g/mol. The zero-order chi connectivity index (χ0) is 22.8. The van der Waals surface area contributed by atoms with Gasteiger partial charge in [-0.25, -0.2) is 4.98 Å². The molecule has 3 aromatic rings. The van der Waals surface area contributed by atoms with Crippen LogP contribution in [0.3, 0.4) is 0 Å². The van der Waals surface area contributed by atoms with Gasteiger partial charge in [-0.3, -0.25) is 9.69 Å². The number of likely N-dealkylation sites (tertiary alicyclic amines) is 1. The SMILES string of the molecule is COCC1CCCN(Cc2ccc3c(c2)CN(C(=O)c2cn4ccc(C)cc4n2)CCO3)C1. The number of amides is 1. The molecule has 0 saturated carbocycles. The topological polar surface area (TPSA) is 59.3 Å². The summed E-state index contributed by atoms with van der Waals surface area (Å²) in [6, 6.07) is 10.4.